The first-order valence-electron chi connectivity index (χ1n) is 12.8. The topological polar surface area (TPSA) is 116 Å². The number of nitrogens with zero attached hydrogens (tertiary/aromatic N) is 3. The number of amides is 3. The van der Waals surface area contributed by atoms with Gasteiger partial charge in [-0.05, 0) is 58.4 Å². The van der Waals surface area contributed by atoms with Crippen molar-refractivity contribution in [1.82, 2.24) is 24.3 Å². The average molecular weight is 501 g/mol. The van der Waals surface area contributed by atoms with E-state index in [9.17, 15) is 14.4 Å². The second-order valence-corrected chi connectivity index (χ2v) is 10.2. The average Bonchev–Trinajstić information content (AvgIpc) is 3.57. The summed E-state index contributed by atoms with van der Waals surface area (Å²) in [6.07, 6.45) is 14.5. The highest BCUT2D eigenvalue weighted by Crippen LogP contribution is 2.31. The van der Waals surface area contributed by atoms with Crippen LogP contribution in [0, 0.1) is 5.92 Å². The number of anilines is 1. The van der Waals surface area contributed by atoms with Gasteiger partial charge in [-0.25, -0.2) is 0 Å². The van der Waals surface area contributed by atoms with Crippen LogP contribution in [-0.4, -0.2) is 63.1 Å². The number of carbonyl (C=O) groups is 3. The van der Waals surface area contributed by atoms with Crippen molar-refractivity contribution < 1.29 is 14.4 Å². The van der Waals surface area contributed by atoms with E-state index < -0.39 is 18.1 Å². The highest BCUT2D eigenvalue weighted by molar-refractivity contribution is 6.99. The summed E-state index contributed by atoms with van der Waals surface area (Å²) in [6, 6.07) is -1.59. The minimum atomic E-state index is -0.610. The van der Waals surface area contributed by atoms with Gasteiger partial charge in [-0.1, -0.05) is 37.5 Å². The standard InChI is InChI=1S/C25H36N6O3S/c1-16(26-2)23(32)27-21(18-12-7-4-8-13-18)25(34)31-15-9-14-19(31)24(33)28-22-20(29-35-30-22)17-10-5-3-6-11-17/h5,10-11,16,18-19,21,26H,3-4,6-9,12-15H2,1-2H3,(H,27,32)(H,28,30,33)/t16-,19?,21?/m0/s1. The quantitative estimate of drug-likeness (QED) is 0.505. The summed E-state index contributed by atoms with van der Waals surface area (Å²) in [5, 5.41) is 8.89. The highest BCUT2D eigenvalue weighted by Gasteiger charge is 2.41. The normalized spacial score (nSPS) is 22.4. The van der Waals surface area contributed by atoms with E-state index in [1.54, 1.807) is 18.9 Å². The van der Waals surface area contributed by atoms with E-state index in [4.69, 9.17) is 0 Å². The van der Waals surface area contributed by atoms with Crippen molar-refractivity contribution in [2.45, 2.75) is 82.8 Å². The Hall–Kier alpha value is -2.59. The SMILES string of the molecule is CN[C@@H](C)C(=O)NC(C(=O)N1CCCC1C(=O)Nc1nsnc1C1=CCCC=C1)C1CCCCC1. The van der Waals surface area contributed by atoms with E-state index >= 15 is 0 Å². The van der Waals surface area contributed by atoms with Crippen LogP contribution in [0.15, 0.2) is 18.2 Å². The highest BCUT2D eigenvalue weighted by atomic mass is 32.1. The molecule has 35 heavy (non-hydrogen) atoms. The first kappa shape index (κ1) is 25.5. The Labute approximate surface area is 211 Å². The molecular weight excluding hydrogens is 464 g/mol. The van der Waals surface area contributed by atoms with E-state index in [0.29, 0.717) is 24.5 Å². The molecule has 0 spiro atoms. The molecule has 1 saturated heterocycles. The van der Waals surface area contributed by atoms with Crippen LogP contribution >= 0.6 is 11.7 Å². The van der Waals surface area contributed by atoms with Crippen LogP contribution in [0.3, 0.4) is 0 Å². The Bertz CT molecular complexity index is 984. The molecule has 0 bridgehead atoms. The monoisotopic (exact) mass is 500 g/mol. The fraction of sp³-hybridized carbons (Fsp3) is 0.640. The Kier molecular flexibility index (Phi) is 8.67. The lowest BCUT2D eigenvalue weighted by Gasteiger charge is -2.35. The van der Waals surface area contributed by atoms with Crippen molar-refractivity contribution in [1.29, 1.82) is 0 Å². The van der Waals surface area contributed by atoms with Crippen LogP contribution in [0.4, 0.5) is 5.82 Å². The van der Waals surface area contributed by atoms with E-state index in [2.05, 4.69) is 36.8 Å². The van der Waals surface area contributed by atoms with E-state index in [1.807, 2.05) is 6.08 Å². The number of allylic oxidation sites excluding steroid dienone is 4. The molecule has 2 heterocycles. The summed E-state index contributed by atoms with van der Waals surface area (Å²) in [4.78, 5) is 41.5. The Morgan fingerprint density at radius 3 is 2.60 bits per heavy atom. The minimum absolute atomic E-state index is 0.0907. The fourth-order valence-electron chi connectivity index (χ4n) is 5.19. The van der Waals surface area contributed by atoms with Crippen LogP contribution in [0.1, 0.15) is 70.4 Å². The maximum absolute atomic E-state index is 13.8. The molecule has 2 aliphatic carbocycles. The van der Waals surface area contributed by atoms with Crippen LogP contribution in [0.25, 0.3) is 5.57 Å². The summed E-state index contributed by atoms with van der Waals surface area (Å²) < 4.78 is 8.69. The van der Waals surface area contributed by atoms with Crippen molar-refractivity contribution in [2.24, 2.45) is 5.92 Å². The van der Waals surface area contributed by atoms with Gasteiger partial charge in [0, 0.05) is 12.1 Å². The molecule has 2 fully saturated rings. The van der Waals surface area contributed by atoms with Gasteiger partial charge in [0.2, 0.25) is 17.7 Å². The van der Waals surface area contributed by atoms with Crippen molar-refractivity contribution in [3.8, 4) is 0 Å². The number of likely N-dealkylation sites (tertiary alicyclic amines) is 1. The molecule has 10 heteroatoms. The van der Waals surface area contributed by atoms with Crippen molar-refractivity contribution in [2.75, 3.05) is 18.9 Å². The van der Waals surface area contributed by atoms with Crippen molar-refractivity contribution in [3.05, 3.63) is 23.9 Å². The molecule has 4 rings (SSSR count). The summed E-state index contributed by atoms with van der Waals surface area (Å²) >= 11 is 1.06. The predicted molar refractivity (Wildman–Crippen MR) is 137 cm³/mol. The lowest BCUT2D eigenvalue weighted by atomic mass is 9.83. The zero-order valence-electron chi connectivity index (χ0n) is 20.6. The summed E-state index contributed by atoms with van der Waals surface area (Å²) in [7, 11) is 1.73. The van der Waals surface area contributed by atoms with Gasteiger partial charge < -0.3 is 20.9 Å². The largest absolute Gasteiger partial charge is 0.343 e. The molecule has 1 aromatic rings. The molecule has 190 valence electrons. The summed E-state index contributed by atoms with van der Waals surface area (Å²) in [6.45, 7) is 2.29. The zero-order chi connectivity index (χ0) is 24.8. The molecule has 1 aliphatic heterocycles. The second kappa shape index (κ2) is 11.9. The maximum atomic E-state index is 13.8. The van der Waals surface area contributed by atoms with Crippen molar-refractivity contribution >= 4 is 40.8 Å². The van der Waals surface area contributed by atoms with E-state index in [1.165, 1.54) is 0 Å². The molecule has 3 atom stereocenters. The van der Waals surface area contributed by atoms with Gasteiger partial charge in [0.05, 0.1) is 17.8 Å². The molecule has 3 amide bonds. The zero-order valence-corrected chi connectivity index (χ0v) is 21.4. The van der Waals surface area contributed by atoms with Gasteiger partial charge in [-0.15, -0.1) is 0 Å². The predicted octanol–water partition coefficient (Wildman–Crippen LogP) is 2.87. The number of hydrogen-bond donors (Lipinski definition) is 3. The Morgan fingerprint density at radius 1 is 1.09 bits per heavy atom. The number of nitrogens with one attached hydrogen (secondary N) is 3. The van der Waals surface area contributed by atoms with E-state index in [0.717, 1.165) is 68.7 Å². The smallest absolute Gasteiger partial charge is 0.248 e. The molecule has 0 aromatic carbocycles. The summed E-state index contributed by atoms with van der Waals surface area (Å²) in [5.74, 6) is -0.0584. The lowest BCUT2D eigenvalue weighted by Crippen LogP contribution is -2.57. The van der Waals surface area contributed by atoms with Gasteiger partial charge >= 0.3 is 0 Å². The molecular formula is C25H36N6O3S. The molecule has 3 aliphatic rings. The van der Waals surface area contributed by atoms with Gasteiger partial charge in [-0.2, -0.15) is 8.75 Å². The number of carbonyl (C=O) groups excluding carboxylic acids is 3. The molecule has 0 radical (unpaired) electrons. The third kappa shape index (κ3) is 5.98. The number of rotatable bonds is 8. The third-order valence-electron chi connectivity index (χ3n) is 7.35. The third-order valence-corrected chi connectivity index (χ3v) is 7.88. The molecule has 2 unspecified atom stereocenters. The Morgan fingerprint density at radius 2 is 1.89 bits per heavy atom. The first-order valence-corrected chi connectivity index (χ1v) is 13.5. The van der Waals surface area contributed by atoms with Crippen LogP contribution < -0.4 is 16.0 Å². The van der Waals surface area contributed by atoms with Crippen LogP contribution in [-0.2, 0) is 14.4 Å². The second-order valence-electron chi connectivity index (χ2n) is 9.67. The first-order chi connectivity index (χ1) is 17.0. The van der Waals surface area contributed by atoms with Gasteiger partial charge in [0.25, 0.3) is 0 Å². The minimum Gasteiger partial charge on any atom is -0.343 e. The van der Waals surface area contributed by atoms with Gasteiger partial charge in [0.15, 0.2) is 5.82 Å². The van der Waals surface area contributed by atoms with Crippen LogP contribution in [0.5, 0.6) is 0 Å². The number of likely N-dealkylation sites (N-methyl/N-ethyl adjacent to an activating group) is 1. The van der Waals surface area contributed by atoms with Crippen LogP contribution in [0.2, 0.25) is 0 Å². The van der Waals surface area contributed by atoms with Gasteiger partial charge in [-0.3, -0.25) is 14.4 Å². The fourth-order valence-corrected chi connectivity index (χ4v) is 5.72. The van der Waals surface area contributed by atoms with E-state index in [-0.39, 0.29) is 23.6 Å². The Balaban J connectivity index is 1.49. The molecule has 1 saturated carbocycles. The molecule has 9 nitrogen and oxygen atoms in total. The number of hydrogen-bond acceptors (Lipinski definition) is 7. The molecule has 1 aromatic heterocycles. The summed E-state index contributed by atoms with van der Waals surface area (Å²) in [5.41, 5.74) is 1.63. The maximum Gasteiger partial charge on any atom is 0.248 e. The molecule has 3 N–H and O–H groups in total. The van der Waals surface area contributed by atoms with Crippen molar-refractivity contribution in [3.63, 3.8) is 0 Å². The van der Waals surface area contributed by atoms with Gasteiger partial charge in [0.1, 0.15) is 17.8 Å². The number of aromatic nitrogens is 2. The lowest BCUT2D eigenvalue weighted by molar-refractivity contribution is -0.142.